The van der Waals surface area contributed by atoms with Crippen molar-refractivity contribution in [2.75, 3.05) is 19.8 Å². The molecule has 0 aromatic heterocycles. The third kappa shape index (κ3) is 41.3. The number of carbonyl (C=O) groups is 1. The molecule has 2 rings (SSSR count). The van der Waals surface area contributed by atoms with Crippen molar-refractivity contribution in [2.24, 2.45) is 0 Å². The van der Waals surface area contributed by atoms with Crippen LogP contribution < -0.4 is 5.32 Å². The SMILES string of the molecule is CCCCCCCCCCCCCCCCCCCC/C=C/C(O)C(COC1OC(CO)C(OC2OC(CO)C(O)C(O)C2O)C(O)C1O)NC(=O)CCCCCCCCCCCCCCCCCCCCCCCCCCCCCCCCCC. The quantitative estimate of drug-likeness (QED) is 0.0204. The van der Waals surface area contributed by atoms with E-state index in [0.29, 0.717) is 0 Å². The van der Waals surface area contributed by atoms with Crippen molar-refractivity contribution in [1.82, 2.24) is 5.32 Å². The summed E-state index contributed by atoms with van der Waals surface area (Å²) in [6.45, 7) is 2.86. The largest absolute Gasteiger partial charge is 0.394 e. The molecule has 2 fully saturated rings. The van der Waals surface area contributed by atoms with E-state index in [4.69, 9.17) is 18.9 Å². The first-order valence-corrected chi connectivity index (χ1v) is 36.9. The molecule has 510 valence electrons. The molecule has 0 aliphatic carbocycles. The molecule has 0 aromatic carbocycles. The molecule has 14 heteroatoms. The highest BCUT2D eigenvalue weighted by Crippen LogP contribution is 2.30. The topological polar surface area (TPSA) is 228 Å². The molecule has 12 unspecified atom stereocenters. The van der Waals surface area contributed by atoms with Gasteiger partial charge >= 0.3 is 0 Å². The predicted octanol–water partition coefficient (Wildman–Crippen LogP) is 15.4. The van der Waals surface area contributed by atoms with E-state index in [2.05, 4.69) is 19.2 Å². The molecule has 2 heterocycles. The van der Waals surface area contributed by atoms with Crippen molar-refractivity contribution in [3.8, 4) is 0 Å². The minimum Gasteiger partial charge on any atom is -0.394 e. The molecule has 0 radical (unpaired) electrons. The van der Waals surface area contributed by atoms with Crippen LogP contribution >= 0.6 is 0 Å². The van der Waals surface area contributed by atoms with Gasteiger partial charge in [-0.25, -0.2) is 0 Å². The number of rotatable bonds is 62. The number of hydrogen-bond acceptors (Lipinski definition) is 13. The average molecular weight is 1230 g/mol. The number of allylic oxidation sites excluding steroid dienone is 1. The summed E-state index contributed by atoms with van der Waals surface area (Å²) in [6, 6.07) is -0.911. The lowest BCUT2D eigenvalue weighted by molar-refractivity contribution is -0.359. The van der Waals surface area contributed by atoms with Gasteiger partial charge in [0.05, 0.1) is 32.0 Å². The standard InChI is InChI=1S/C72H139NO13/c1-3-5-7-9-11-13-15-17-19-21-23-25-26-27-28-29-30-31-32-33-34-35-36-38-40-42-44-46-48-50-52-54-56-64(77)73-60(61(76)55-53-51-49-47-45-43-41-39-37-24-22-20-18-16-14-12-10-8-6-4-2)59-83-71-69(82)67(80)70(63(58-75)85-71)86-72-68(81)66(79)65(78)62(57-74)84-72/h53,55,60-63,65-72,74-76,78-82H,3-52,54,56-59H2,1-2H3,(H,73,77)/b55-53+. The Hall–Kier alpha value is -1.27. The van der Waals surface area contributed by atoms with Crippen LogP contribution in [0.5, 0.6) is 0 Å². The lowest BCUT2D eigenvalue weighted by Crippen LogP contribution is -2.65. The molecule has 0 aromatic rings. The van der Waals surface area contributed by atoms with Gasteiger partial charge in [0.1, 0.15) is 48.8 Å². The zero-order valence-electron chi connectivity index (χ0n) is 55.6. The molecule has 1 amide bonds. The molecule has 0 saturated carbocycles. The first-order chi connectivity index (χ1) is 42.1. The highest BCUT2D eigenvalue weighted by molar-refractivity contribution is 5.76. The summed E-state index contributed by atoms with van der Waals surface area (Å²) in [5.74, 6) is -0.230. The van der Waals surface area contributed by atoms with Crippen LogP contribution in [0.25, 0.3) is 0 Å². The lowest BCUT2D eigenvalue weighted by atomic mass is 9.97. The summed E-state index contributed by atoms with van der Waals surface area (Å²) in [7, 11) is 0. The lowest BCUT2D eigenvalue weighted by Gasteiger charge is -2.46. The minimum absolute atomic E-state index is 0.230. The number of amides is 1. The molecule has 14 nitrogen and oxygen atoms in total. The third-order valence-electron chi connectivity index (χ3n) is 18.5. The average Bonchev–Trinajstić information content (AvgIpc) is 2.46. The fourth-order valence-corrected chi connectivity index (χ4v) is 12.6. The van der Waals surface area contributed by atoms with Crippen molar-refractivity contribution in [1.29, 1.82) is 0 Å². The summed E-state index contributed by atoms with van der Waals surface area (Å²) >= 11 is 0. The molecule has 86 heavy (non-hydrogen) atoms. The Morgan fingerprint density at radius 2 is 0.721 bits per heavy atom. The molecule has 2 aliphatic heterocycles. The van der Waals surface area contributed by atoms with Gasteiger partial charge in [0, 0.05) is 6.42 Å². The number of nitrogens with one attached hydrogen (secondary N) is 1. The molecule has 0 bridgehead atoms. The summed E-state index contributed by atoms with van der Waals surface area (Å²) in [5.41, 5.74) is 0. The van der Waals surface area contributed by atoms with Gasteiger partial charge < -0.3 is 65.1 Å². The van der Waals surface area contributed by atoms with Crippen LogP contribution in [-0.2, 0) is 23.7 Å². The van der Waals surface area contributed by atoms with Crippen molar-refractivity contribution in [2.45, 2.75) is 421 Å². The number of aliphatic hydroxyl groups excluding tert-OH is 8. The Morgan fingerprint density at radius 3 is 1.07 bits per heavy atom. The maximum atomic E-state index is 13.3. The number of carbonyl (C=O) groups excluding carboxylic acids is 1. The smallest absolute Gasteiger partial charge is 0.220 e. The van der Waals surface area contributed by atoms with E-state index in [1.807, 2.05) is 6.08 Å². The second kappa shape index (κ2) is 57.6. The number of hydrogen-bond donors (Lipinski definition) is 9. The van der Waals surface area contributed by atoms with Gasteiger partial charge in [-0.05, 0) is 19.3 Å². The Bertz CT molecular complexity index is 1490. The summed E-state index contributed by atoms with van der Waals surface area (Å²) in [5, 5.41) is 87.5. The Morgan fingerprint density at radius 1 is 0.407 bits per heavy atom. The fraction of sp³-hybridized carbons (Fsp3) is 0.958. The van der Waals surface area contributed by atoms with E-state index in [0.717, 1.165) is 44.9 Å². The van der Waals surface area contributed by atoms with E-state index in [1.54, 1.807) is 6.08 Å². The van der Waals surface area contributed by atoms with Crippen LogP contribution in [0.2, 0.25) is 0 Å². The van der Waals surface area contributed by atoms with Crippen LogP contribution in [-0.4, -0.2) is 140 Å². The Labute approximate surface area is 526 Å². The molecule has 2 saturated heterocycles. The summed E-state index contributed by atoms with van der Waals surface area (Å²) in [6.07, 6.45) is 54.3. The zero-order valence-corrected chi connectivity index (χ0v) is 55.6. The van der Waals surface area contributed by atoms with Crippen molar-refractivity contribution >= 4 is 5.91 Å². The normalized spacial score (nSPS) is 23.4. The highest BCUT2D eigenvalue weighted by atomic mass is 16.7. The van der Waals surface area contributed by atoms with Gasteiger partial charge in [0.25, 0.3) is 0 Å². The van der Waals surface area contributed by atoms with Gasteiger partial charge in [-0.1, -0.05) is 334 Å². The Kier molecular flexibility index (Phi) is 54.1. The molecular formula is C72H139NO13. The van der Waals surface area contributed by atoms with Crippen LogP contribution in [0.15, 0.2) is 12.2 Å². The second-order valence-electron chi connectivity index (χ2n) is 26.4. The van der Waals surface area contributed by atoms with E-state index >= 15 is 0 Å². The fourth-order valence-electron chi connectivity index (χ4n) is 12.6. The first kappa shape index (κ1) is 80.8. The number of aliphatic hydroxyl groups is 8. The minimum atomic E-state index is -1.79. The van der Waals surface area contributed by atoms with Gasteiger partial charge in [-0.15, -0.1) is 0 Å². The van der Waals surface area contributed by atoms with Crippen molar-refractivity contribution in [3.05, 3.63) is 12.2 Å². The first-order valence-electron chi connectivity index (χ1n) is 36.9. The summed E-state index contributed by atoms with van der Waals surface area (Å²) < 4.78 is 22.9. The van der Waals surface area contributed by atoms with Crippen LogP contribution in [0, 0.1) is 0 Å². The van der Waals surface area contributed by atoms with Crippen molar-refractivity contribution < 1.29 is 64.6 Å². The van der Waals surface area contributed by atoms with Gasteiger partial charge in [-0.3, -0.25) is 4.79 Å². The molecule has 12 atom stereocenters. The number of ether oxygens (including phenoxy) is 4. The Balaban J connectivity index is 1.63. The zero-order chi connectivity index (χ0) is 62.3. The van der Waals surface area contributed by atoms with Crippen LogP contribution in [0.4, 0.5) is 0 Å². The molecule has 0 spiro atoms. The molecule has 2 aliphatic rings. The van der Waals surface area contributed by atoms with Crippen LogP contribution in [0.1, 0.15) is 348 Å². The van der Waals surface area contributed by atoms with Crippen molar-refractivity contribution in [3.63, 3.8) is 0 Å². The van der Waals surface area contributed by atoms with E-state index in [-0.39, 0.29) is 18.9 Å². The highest BCUT2D eigenvalue weighted by Gasteiger charge is 2.51. The van der Waals surface area contributed by atoms with E-state index in [1.165, 1.54) is 283 Å². The van der Waals surface area contributed by atoms with Gasteiger partial charge in [0.15, 0.2) is 12.6 Å². The molecule has 9 N–H and O–H groups in total. The second-order valence-corrected chi connectivity index (χ2v) is 26.4. The maximum Gasteiger partial charge on any atom is 0.220 e. The predicted molar refractivity (Wildman–Crippen MR) is 351 cm³/mol. The van der Waals surface area contributed by atoms with Gasteiger partial charge in [-0.2, -0.15) is 0 Å². The van der Waals surface area contributed by atoms with E-state index in [9.17, 15) is 45.6 Å². The third-order valence-corrected chi connectivity index (χ3v) is 18.5. The maximum absolute atomic E-state index is 13.3. The summed E-state index contributed by atoms with van der Waals surface area (Å²) in [4.78, 5) is 13.3. The number of unbranched alkanes of at least 4 members (excludes halogenated alkanes) is 49. The van der Waals surface area contributed by atoms with Crippen LogP contribution in [0.3, 0.4) is 0 Å². The monoisotopic (exact) mass is 1230 g/mol. The van der Waals surface area contributed by atoms with Gasteiger partial charge in [0.2, 0.25) is 5.91 Å². The molecular weight excluding hydrogens is 1090 g/mol. The van der Waals surface area contributed by atoms with E-state index < -0.39 is 86.8 Å².